The first-order chi connectivity index (χ1) is 9.49. The second-order valence-electron chi connectivity index (χ2n) is 4.70. The van der Waals surface area contributed by atoms with E-state index in [1.165, 1.54) is 0 Å². The van der Waals surface area contributed by atoms with Gasteiger partial charge in [0.1, 0.15) is 0 Å². The lowest BCUT2D eigenvalue weighted by Crippen LogP contribution is -2.15. The maximum atomic E-state index is 12.2. The number of carboxylic acids is 1. The third-order valence-electron chi connectivity index (χ3n) is 3.02. The number of ketones is 1. The van der Waals surface area contributed by atoms with Crippen LogP contribution >= 0.6 is 15.9 Å². The van der Waals surface area contributed by atoms with Crippen molar-refractivity contribution in [2.45, 2.75) is 19.8 Å². The Kier molecular flexibility index (Phi) is 4.65. The summed E-state index contributed by atoms with van der Waals surface area (Å²) in [6.07, 6.45) is 0.588. The molecule has 20 heavy (non-hydrogen) atoms. The minimum Gasteiger partial charge on any atom is -0.489 e. The van der Waals surface area contributed by atoms with E-state index in [2.05, 4.69) is 15.9 Å². The standard InChI is InChI=1S/C14H15BrO5/c1-8(5-12(16)17)13(18)9-6-10(15)14-11(7-9)19-3-2-4-20-14/h6-8H,2-5H2,1H3,(H,16,17). The van der Waals surface area contributed by atoms with Gasteiger partial charge >= 0.3 is 5.97 Å². The lowest BCUT2D eigenvalue weighted by atomic mass is 9.96. The highest BCUT2D eigenvalue weighted by atomic mass is 79.9. The molecule has 1 aromatic carbocycles. The van der Waals surface area contributed by atoms with Crippen LogP contribution in [0.2, 0.25) is 0 Å². The van der Waals surface area contributed by atoms with Gasteiger partial charge in [-0.3, -0.25) is 9.59 Å². The summed E-state index contributed by atoms with van der Waals surface area (Å²) in [5.41, 5.74) is 0.426. The van der Waals surface area contributed by atoms with E-state index < -0.39 is 11.9 Å². The molecule has 1 aromatic rings. The highest BCUT2D eigenvalue weighted by molar-refractivity contribution is 9.10. The van der Waals surface area contributed by atoms with E-state index >= 15 is 0 Å². The molecule has 1 N–H and O–H groups in total. The summed E-state index contributed by atoms with van der Waals surface area (Å²) >= 11 is 3.36. The predicted molar refractivity (Wildman–Crippen MR) is 75.5 cm³/mol. The van der Waals surface area contributed by atoms with Crippen molar-refractivity contribution in [1.82, 2.24) is 0 Å². The molecule has 0 radical (unpaired) electrons. The molecular formula is C14H15BrO5. The van der Waals surface area contributed by atoms with E-state index in [9.17, 15) is 9.59 Å². The van der Waals surface area contributed by atoms with E-state index in [1.807, 2.05) is 0 Å². The summed E-state index contributed by atoms with van der Waals surface area (Å²) in [7, 11) is 0. The minimum absolute atomic E-state index is 0.190. The van der Waals surface area contributed by atoms with Crippen LogP contribution in [0.15, 0.2) is 16.6 Å². The largest absolute Gasteiger partial charge is 0.489 e. The van der Waals surface area contributed by atoms with Gasteiger partial charge in [-0.15, -0.1) is 0 Å². The first-order valence-electron chi connectivity index (χ1n) is 6.34. The van der Waals surface area contributed by atoms with Gasteiger partial charge in [-0.25, -0.2) is 0 Å². The molecule has 1 aliphatic rings. The molecule has 0 bridgehead atoms. The van der Waals surface area contributed by atoms with Crippen molar-refractivity contribution in [2.24, 2.45) is 5.92 Å². The monoisotopic (exact) mass is 342 g/mol. The van der Waals surface area contributed by atoms with Gasteiger partial charge in [0.25, 0.3) is 0 Å². The van der Waals surface area contributed by atoms with E-state index in [0.717, 1.165) is 6.42 Å². The SMILES string of the molecule is CC(CC(=O)O)C(=O)c1cc(Br)c2c(c1)OCCCO2. The van der Waals surface area contributed by atoms with Gasteiger partial charge in [-0.05, 0) is 28.1 Å². The zero-order valence-electron chi connectivity index (χ0n) is 11.0. The van der Waals surface area contributed by atoms with Crippen LogP contribution in [0, 0.1) is 5.92 Å². The third kappa shape index (κ3) is 3.30. The number of carboxylic acid groups (broad SMARTS) is 1. The summed E-state index contributed by atoms with van der Waals surface area (Å²) in [6, 6.07) is 3.26. The molecule has 108 valence electrons. The van der Waals surface area contributed by atoms with E-state index in [4.69, 9.17) is 14.6 Å². The number of ether oxygens (including phenoxy) is 2. The molecule has 0 saturated heterocycles. The molecule has 2 rings (SSSR count). The average Bonchev–Trinajstić information content (AvgIpc) is 2.62. The Labute approximate surface area is 125 Å². The summed E-state index contributed by atoms with van der Waals surface area (Å²) < 4.78 is 11.8. The first-order valence-corrected chi connectivity index (χ1v) is 7.13. The zero-order valence-corrected chi connectivity index (χ0v) is 12.6. The van der Waals surface area contributed by atoms with Crippen molar-refractivity contribution in [1.29, 1.82) is 0 Å². The van der Waals surface area contributed by atoms with Gasteiger partial charge in [0.15, 0.2) is 17.3 Å². The number of carbonyl (C=O) groups excluding carboxylic acids is 1. The van der Waals surface area contributed by atoms with Gasteiger partial charge in [0.2, 0.25) is 0 Å². The van der Waals surface area contributed by atoms with Crippen LogP contribution in [0.3, 0.4) is 0 Å². The molecular weight excluding hydrogens is 328 g/mol. The van der Waals surface area contributed by atoms with E-state index in [-0.39, 0.29) is 12.2 Å². The van der Waals surface area contributed by atoms with Gasteiger partial charge in [0.05, 0.1) is 24.1 Å². The molecule has 0 aromatic heterocycles. The molecule has 1 heterocycles. The van der Waals surface area contributed by atoms with Gasteiger partial charge in [0, 0.05) is 17.9 Å². The molecule has 5 nitrogen and oxygen atoms in total. The maximum absolute atomic E-state index is 12.2. The molecule has 0 fully saturated rings. The van der Waals surface area contributed by atoms with Crippen molar-refractivity contribution >= 4 is 27.7 Å². The molecule has 0 saturated carbocycles. The van der Waals surface area contributed by atoms with Crippen LogP contribution in [0.4, 0.5) is 0 Å². The topological polar surface area (TPSA) is 72.8 Å². The molecule has 1 atom stereocenters. The fraction of sp³-hybridized carbons (Fsp3) is 0.429. The van der Waals surface area contributed by atoms with Crippen molar-refractivity contribution < 1.29 is 24.2 Å². The fourth-order valence-electron chi connectivity index (χ4n) is 2.01. The van der Waals surface area contributed by atoms with Crippen molar-refractivity contribution in [3.63, 3.8) is 0 Å². The van der Waals surface area contributed by atoms with Gasteiger partial charge in [-0.2, -0.15) is 0 Å². The van der Waals surface area contributed by atoms with E-state index in [1.54, 1.807) is 19.1 Å². The molecule has 1 aliphatic heterocycles. The Morgan fingerprint density at radius 3 is 2.75 bits per heavy atom. The second-order valence-corrected chi connectivity index (χ2v) is 5.55. The van der Waals surface area contributed by atoms with Crippen LogP contribution in [0.25, 0.3) is 0 Å². The highest BCUT2D eigenvalue weighted by Crippen LogP contribution is 2.38. The lowest BCUT2D eigenvalue weighted by molar-refractivity contribution is -0.137. The van der Waals surface area contributed by atoms with Crippen molar-refractivity contribution in [2.75, 3.05) is 13.2 Å². The average molecular weight is 343 g/mol. The molecule has 6 heteroatoms. The quantitative estimate of drug-likeness (QED) is 0.851. The van der Waals surface area contributed by atoms with Crippen molar-refractivity contribution in [3.05, 3.63) is 22.2 Å². The molecule has 0 spiro atoms. The van der Waals surface area contributed by atoms with Gasteiger partial charge in [-0.1, -0.05) is 6.92 Å². The minimum atomic E-state index is -0.987. The second kappa shape index (κ2) is 6.26. The number of carbonyl (C=O) groups is 2. The summed E-state index contributed by atoms with van der Waals surface area (Å²) in [5, 5.41) is 8.76. The number of benzene rings is 1. The third-order valence-corrected chi connectivity index (χ3v) is 3.60. The normalized spacial score (nSPS) is 15.3. The Bertz CT molecular complexity index is 541. The van der Waals surface area contributed by atoms with Crippen LogP contribution in [0.1, 0.15) is 30.1 Å². The number of aliphatic carboxylic acids is 1. The number of halogens is 1. The van der Waals surface area contributed by atoms with E-state index in [0.29, 0.717) is 34.7 Å². The van der Waals surface area contributed by atoms with Crippen LogP contribution in [-0.2, 0) is 4.79 Å². The Hall–Kier alpha value is -1.56. The first kappa shape index (κ1) is 14.8. The predicted octanol–water partition coefficient (Wildman–Crippen LogP) is 2.90. The number of fused-ring (bicyclic) bond motifs is 1. The smallest absolute Gasteiger partial charge is 0.304 e. The van der Waals surface area contributed by atoms with Gasteiger partial charge < -0.3 is 14.6 Å². The highest BCUT2D eigenvalue weighted by Gasteiger charge is 2.22. The van der Waals surface area contributed by atoms with Crippen LogP contribution < -0.4 is 9.47 Å². The summed E-state index contributed by atoms with van der Waals surface area (Å²) in [4.78, 5) is 22.9. The Morgan fingerprint density at radius 1 is 1.35 bits per heavy atom. The van der Waals surface area contributed by atoms with Crippen LogP contribution in [0.5, 0.6) is 11.5 Å². The zero-order chi connectivity index (χ0) is 14.7. The molecule has 1 unspecified atom stereocenters. The number of hydrogen-bond donors (Lipinski definition) is 1. The Morgan fingerprint density at radius 2 is 2.05 bits per heavy atom. The lowest BCUT2D eigenvalue weighted by Gasteiger charge is -2.13. The van der Waals surface area contributed by atoms with Crippen LogP contribution in [-0.4, -0.2) is 30.1 Å². The number of Topliss-reactive ketones (excluding diaryl/α,β-unsaturated/α-hetero) is 1. The molecule has 0 aliphatic carbocycles. The number of rotatable bonds is 4. The summed E-state index contributed by atoms with van der Waals surface area (Å²) in [6.45, 7) is 2.70. The van der Waals surface area contributed by atoms with Crippen molar-refractivity contribution in [3.8, 4) is 11.5 Å². The number of hydrogen-bond acceptors (Lipinski definition) is 4. The Balaban J connectivity index is 2.29. The molecule has 0 amide bonds. The summed E-state index contributed by atoms with van der Waals surface area (Å²) in [5.74, 6) is -0.681. The fourth-order valence-corrected chi connectivity index (χ4v) is 2.57. The maximum Gasteiger partial charge on any atom is 0.304 e.